The Balaban J connectivity index is 1.64. The van der Waals surface area contributed by atoms with Crippen LogP contribution in [0, 0.1) is 12.8 Å². The molecule has 174 valence electrons. The van der Waals surface area contributed by atoms with E-state index in [1.165, 1.54) is 12.1 Å². The standard InChI is InChI=1S/C22H25F3N2O3S2/c1-13-11-15(5-10-19(13)27-32(4,29)30)14(2)26-20(28)18-12-21(18,3)16-6-8-17(9-7-16)31-22(23,24)25/h5-11,14,18,27H,12H2,1-4H3,(H,26,28)/t14-,18?,21?/m1/s1. The Morgan fingerprint density at radius 3 is 2.34 bits per heavy atom. The van der Waals surface area contributed by atoms with Crippen LogP contribution in [-0.2, 0) is 20.2 Å². The van der Waals surface area contributed by atoms with Crippen LogP contribution in [0.5, 0.6) is 0 Å². The summed E-state index contributed by atoms with van der Waals surface area (Å²) in [4.78, 5) is 12.9. The number of rotatable bonds is 7. The van der Waals surface area contributed by atoms with Gasteiger partial charge in [0.05, 0.1) is 18.0 Å². The minimum Gasteiger partial charge on any atom is -0.349 e. The molecule has 3 rings (SSSR count). The SMILES string of the molecule is Cc1cc([C@@H](C)NC(=O)C2CC2(C)c2ccc(SC(F)(F)F)cc2)ccc1NS(C)(=O)=O. The van der Waals surface area contributed by atoms with Gasteiger partial charge in [-0.05, 0) is 66.9 Å². The molecule has 0 aromatic heterocycles. The second kappa shape index (κ2) is 8.62. The number of carbonyl (C=O) groups is 1. The molecule has 1 amide bonds. The van der Waals surface area contributed by atoms with Crippen LogP contribution in [0.15, 0.2) is 47.4 Å². The molecule has 0 saturated heterocycles. The third-order valence-corrected chi connectivity index (χ3v) is 7.04. The predicted molar refractivity (Wildman–Crippen MR) is 120 cm³/mol. The molecule has 5 nitrogen and oxygen atoms in total. The van der Waals surface area contributed by atoms with Gasteiger partial charge in [-0.15, -0.1) is 0 Å². The predicted octanol–water partition coefficient (Wildman–Crippen LogP) is 5.13. The van der Waals surface area contributed by atoms with Gasteiger partial charge in [0.2, 0.25) is 15.9 Å². The number of alkyl halides is 3. The van der Waals surface area contributed by atoms with Crippen molar-refractivity contribution in [1.29, 1.82) is 0 Å². The van der Waals surface area contributed by atoms with Crippen molar-refractivity contribution in [2.75, 3.05) is 11.0 Å². The van der Waals surface area contributed by atoms with Crippen LogP contribution < -0.4 is 10.0 Å². The maximum absolute atomic E-state index is 12.8. The van der Waals surface area contributed by atoms with E-state index in [2.05, 4.69) is 10.0 Å². The number of halogens is 3. The molecular formula is C22H25F3N2O3S2. The van der Waals surface area contributed by atoms with Gasteiger partial charge in [0.1, 0.15) is 0 Å². The van der Waals surface area contributed by atoms with Gasteiger partial charge in [-0.2, -0.15) is 13.2 Å². The molecule has 0 heterocycles. The average Bonchev–Trinajstić information content (AvgIpc) is 3.34. The molecule has 1 aliphatic carbocycles. The van der Waals surface area contributed by atoms with Crippen LogP contribution in [0.1, 0.15) is 43.0 Å². The first kappa shape index (κ1) is 24.4. The molecule has 1 fully saturated rings. The van der Waals surface area contributed by atoms with Gasteiger partial charge in [-0.1, -0.05) is 31.2 Å². The molecule has 2 aromatic rings. The summed E-state index contributed by atoms with van der Waals surface area (Å²) in [6, 6.07) is 11.1. The molecule has 2 N–H and O–H groups in total. The maximum Gasteiger partial charge on any atom is 0.446 e. The Morgan fingerprint density at radius 2 is 1.81 bits per heavy atom. The highest BCUT2D eigenvalue weighted by atomic mass is 32.2. The molecule has 1 aliphatic rings. The highest BCUT2D eigenvalue weighted by Crippen LogP contribution is 2.54. The zero-order valence-electron chi connectivity index (χ0n) is 18.1. The smallest absolute Gasteiger partial charge is 0.349 e. The van der Waals surface area contributed by atoms with Crippen molar-refractivity contribution in [2.45, 2.75) is 49.1 Å². The summed E-state index contributed by atoms with van der Waals surface area (Å²) in [5.41, 5.74) is -1.85. The van der Waals surface area contributed by atoms with E-state index in [0.29, 0.717) is 12.1 Å². The van der Waals surface area contributed by atoms with E-state index >= 15 is 0 Å². The van der Waals surface area contributed by atoms with Gasteiger partial charge < -0.3 is 5.32 Å². The summed E-state index contributed by atoms with van der Waals surface area (Å²) >= 11 is -0.159. The molecule has 10 heteroatoms. The monoisotopic (exact) mass is 486 g/mol. The van der Waals surface area contributed by atoms with Crippen molar-refractivity contribution < 1.29 is 26.4 Å². The summed E-state index contributed by atoms with van der Waals surface area (Å²) in [5, 5.41) is 2.99. The van der Waals surface area contributed by atoms with Crippen molar-refractivity contribution >= 4 is 33.4 Å². The highest BCUT2D eigenvalue weighted by Gasteiger charge is 2.55. The number of nitrogens with one attached hydrogen (secondary N) is 2. The van der Waals surface area contributed by atoms with E-state index in [4.69, 9.17) is 0 Å². The number of carbonyl (C=O) groups excluding carboxylic acids is 1. The molecule has 1 saturated carbocycles. The molecular weight excluding hydrogens is 461 g/mol. The molecule has 2 aromatic carbocycles. The summed E-state index contributed by atoms with van der Waals surface area (Å²) in [5.74, 6) is -0.386. The number of thioether (sulfide) groups is 1. The topological polar surface area (TPSA) is 75.3 Å². The Bertz CT molecular complexity index is 1120. The molecule has 3 atom stereocenters. The van der Waals surface area contributed by atoms with E-state index < -0.39 is 20.9 Å². The Morgan fingerprint density at radius 1 is 1.19 bits per heavy atom. The summed E-state index contributed by atoms with van der Waals surface area (Å²) in [6.07, 6.45) is 1.70. The molecule has 0 bridgehead atoms. The van der Waals surface area contributed by atoms with E-state index in [9.17, 15) is 26.4 Å². The molecule has 32 heavy (non-hydrogen) atoms. The van der Waals surface area contributed by atoms with Gasteiger partial charge in [0.25, 0.3) is 0 Å². The van der Waals surface area contributed by atoms with E-state index in [1.54, 1.807) is 31.2 Å². The van der Waals surface area contributed by atoms with Gasteiger partial charge in [0.15, 0.2) is 0 Å². The first-order chi connectivity index (χ1) is 14.7. The lowest BCUT2D eigenvalue weighted by molar-refractivity contribution is -0.123. The summed E-state index contributed by atoms with van der Waals surface area (Å²) in [6.45, 7) is 5.56. The van der Waals surface area contributed by atoms with Crippen molar-refractivity contribution in [1.82, 2.24) is 5.32 Å². The molecule has 2 unspecified atom stereocenters. The fraction of sp³-hybridized carbons (Fsp3) is 0.409. The fourth-order valence-corrected chi connectivity index (χ4v) is 4.94. The second-order valence-corrected chi connectivity index (χ2v) is 11.3. The van der Waals surface area contributed by atoms with Crippen molar-refractivity contribution in [3.63, 3.8) is 0 Å². The largest absolute Gasteiger partial charge is 0.446 e. The minimum atomic E-state index is -4.33. The van der Waals surface area contributed by atoms with Crippen LogP contribution in [-0.4, -0.2) is 26.1 Å². The van der Waals surface area contributed by atoms with Crippen LogP contribution in [0.3, 0.4) is 0 Å². The number of hydrogen-bond acceptors (Lipinski definition) is 4. The lowest BCUT2D eigenvalue weighted by Gasteiger charge is -2.18. The number of sulfonamides is 1. The average molecular weight is 487 g/mol. The number of amides is 1. The number of aryl methyl sites for hydroxylation is 1. The zero-order chi connectivity index (χ0) is 23.9. The quantitative estimate of drug-likeness (QED) is 0.532. The van der Waals surface area contributed by atoms with Crippen molar-refractivity contribution in [3.05, 3.63) is 59.2 Å². The molecule has 0 spiro atoms. The lowest BCUT2D eigenvalue weighted by atomic mass is 9.95. The first-order valence-electron chi connectivity index (χ1n) is 9.93. The Kier molecular flexibility index (Phi) is 6.59. The van der Waals surface area contributed by atoms with Crippen LogP contribution in [0.25, 0.3) is 0 Å². The van der Waals surface area contributed by atoms with E-state index in [0.717, 1.165) is 22.9 Å². The van der Waals surface area contributed by atoms with Crippen LogP contribution >= 0.6 is 11.8 Å². The zero-order valence-corrected chi connectivity index (χ0v) is 19.7. The number of hydrogen-bond donors (Lipinski definition) is 2. The second-order valence-electron chi connectivity index (χ2n) is 8.43. The lowest BCUT2D eigenvalue weighted by Crippen LogP contribution is -2.30. The van der Waals surface area contributed by atoms with Crippen molar-refractivity contribution in [3.8, 4) is 0 Å². The van der Waals surface area contributed by atoms with Crippen molar-refractivity contribution in [2.24, 2.45) is 5.92 Å². The Labute approximate surface area is 190 Å². The summed E-state index contributed by atoms with van der Waals surface area (Å²) < 4.78 is 62.9. The molecule has 0 aliphatic heterocycles. The van der Waals surface area contributed by atoms with E-state index in [-0.39, 0.29) is 34.5 Å². The van der Waals surface area contributed by atoms with Crippen LogP contribution in [0.4, 0.5) is 18.9 Å². The van der Waals surface area contributed by atoms with Gasteiger partial charge >= 0.3 is 5.51 Å². The Hall–Kier alpha value is -2.20. The number of anilines is 1. The highest BCUT2D eigenvalue weighted by molar-refractivity contribution is 8.00. The van der Waals surface area contributed by atoms with Gasteiger partial charge in [-0.3, -0.25) is 9.52 Å². The summed E-state index contributed by atoms with van der Waals surface area (Å²) in [7, 11) is -3.38. The minimum absolute atomic E-state index is 0.115. The normalized spacial score (nSPS) is 21.7. The maximum atomic E-state index is 12.8. The first-order valence-corrected chi connectivity index (χ1v) is 12.6. The van der Waals surface area contributed by atoms with E-state index in [1.807, 2.05) is 19.9 Å². The molecule has 0 radical (unpaired) electrons. The van der Waals surface area contributed by atoms with Crippen LogP contribution in [0.2, 0.25) is 0 Å². The number of benzene rings is 2. The van der Waals surface area contributed by atoms with Gasteiger partial charge in [-0.25, -0.2) is 8.42 Å². The fourth-order valence-electron chi connectivity index (χ4n) is 3.77. The third-order valence-electron chi connectivity index (χ3n) is 5.71. The third kappa shape index (κ3) is 5.98. The van der Waals surface area contributed by atoms with Gasteiger partial charge in [0, 0.05) is 16.2 Å².